The van der Waals surface area contributed by atoms with Crippen LogP contribution in [-0.2, 0) is 47.5 Å². The van der Waals surface area contributed by atoms with Crippen molar-refractivity contribution in [2.45, 2.75) is 130 Å². The van der Waals surface area contributed by atoms with E-state index in [4.69, 9.17) is 37.9 Å². The molecule has 10 nitrogen and oxygen atoms in total. The lowest BCUT2D eigenvalue weighted by atomic mass is 10.0. The Morgan fingerprint density at radius 2 is 0.733 bits per heavy atom. The van der Waals surface area contributed by atoms with Crippen LogP contribution in [0.4, 0.5) is 0 Å². The first kappa shape index (κ1) is 43.7. The third-order valence-electron chi connectivity index (χ3n) is 6.71. The molecule has 0 amide bonds. The van der Waals surface area contributed by atoms with Crippen LogP contribution in [0.15, 0.2) is 0 Å². The summed E-state index contributed by atoms with van der Waals surface area (Å²) >= 11 is 0. The lowest BCUT2D eigenvalue weighted by Crippen LogP contribution is -2.24. The number of hydrogen-bond donors (Lipinski definition) is 0. The zero-order valence-electron chi connectivity index (χ0n) is 29.4. The fourth-order valence-corrected chi connectivity index (χ4v) is 4.32. The second-order valence-corrected chi connectivity index (χ2v) is 12.2. The molecule has 10 heteroatoms. The molecule has 0 rings (SSSR count). The van der Waals surface area contributed by atoms with Crippen molar-refractivity contribution in [3.8, 4) is 0 Å². The number of unbranched alkanes of at least 4 members (excludes halogenated alkanes) is 12. The predicted molar refractivity (Wildman–Crippen MR) is 177 cm³/mol. The van der Waals surface area contributed by atoms with Crippen molar-refractivity contribution in [2.24, 2.45) is 0 Å². The molecule has 45 heavy (non-hydrogen) atoms. The van der Waals surface area contributed by atoms with Crippen LogP contribution in [0.2, 0.25) is 0 Å². The summed E-state index contributed by atoms with van der Waals surface area (Å²) in [4.78, 5) is 23.4. The van der Waals surface area contributed by atoms with Gasteiger partial charge in [0.2, 0.25) is 0 Å². The Hall–Kier alpha value is -1.30. The standard InChI is InChI=1S/C35H68O10/c1-5-6-7-8-9-10-11-12-13-14-15-16-17-18-33(36)44-32-31-43-30-29-42-28-27-41-26-25-40-24-23-39-22-21-38-20-19-34(37)45-35(2,3)4/h5-32H2,1-4H3. The topological polar surface area (TPSA) is 108 Å². The highest BCUT2D eigenvalue weighted by Gasteiger charge is 2.15. The number of rotatable bonds is 35. The molecule has 0 aromatic heterocycles. The van der Waals surface area contributed by atoms with E-state index in [0.717, 1.165) is 12.8 Å². The second-order valence-electron chi connectivity index (χ2n) is 12.2. The highest BCUT2D eigenvalue weighted by atomic mass is 16.6. The molecule has 0 fully saturated rings. The van der Waals surface area contributed by atoms with E-state index in [0.29, 0.717) is 85.7 Å². The van der Waals surface area contributed by atoms with Crippen molar-refractivity contribution in [1.29, 1.82) is 0 Å². The summed E-state index contributed by atoms with van der Waals surface area (Å²) in [5.74, 6) is -0.397. The molecular formula is C35H68O10. The van der Waals surface area contributed by atoms with Crippen molar-refractivity contribution >= 4 is 11.9 Å². The van der Waals surface area contributed by atoms with Crippen LogP contribution in [0, 0.1) is 0 Å². The van der Waals surface area contributed by atoms with E-state index in [1.807, 2.05) is 20.8 Å². The fourth-order valence-electron chi connectivity index (χ4n) is 4.32. The maximum atomic E-state index is 11.8. The largest absolute Gasteiger partial charge is 0.463 e. The molecule has 0 aromatic rings. The quantitative estimate of drug-likeness (QED) is 0.0535. The van der Waals surface area contributed by atoms with Gasteiger partial charge >= 0.3 is 11.9 Å². The molecule has 0 saturated heterocycles. The number of carbonyl (C=O) groups excluding carboxylic acids is 2. The number of hydrogen-bond acceptors (Lipinski definition) is 10. The van der Waals surface area contributed by atoms with E-state index in [2.05, 4.69) is 6.92 Å². The van der Waals surface area contributed by atoms with Gasteiger partial charge in [-0.05, 0) is 27.2 Å². The average molecular weight is 649 g/mol. The molecule has 0 bridgehead atoms. The third kappa shape index (κ3) is 38.8. The van der Waals surface area contributed by atoms with Gasteiger partial charge in [-0.15, -0.1) is 0 Å². The number of esters is 2. The first-order chi connectivity index (χ1) is 21.8. The SMILES string of the molecule is CCCCCCCCCCCCCCCC(=O)OCCOCCOCCOCCOCCOCCOCCC(=O)OC(C)(C)C. The molecule has 0 atom stereocenters. The maximum absolute atomic E-state index is 11.8. The average Bonchev–Trinajstić information content (AvgIpc) is 2.99. The summed E-state index contributed by atoms with van der Waals surface area (Å²) in [5.41, 5.74) is -0.472. The van der Waals surface area contributed by atoms with E-state index in [1.54, 1.807) is 0 Å². The van der Waals surface area contributed by atoms with Crippen LogP contribution in [0.5, 0.6) is 0 Å². The number of carbonyl (C=O) groups is 2. The van der Waals surface area contributed by atoms with Crippen molar-refractivity contribution in [3.63, 3.8) is 0 Å². The van der Waals surface area contributed by atoms with Crippen LogP contribution in [0.1, 0.15) is 124 Å². The zero-order chi connectivity index (χ0) is 33.1. The van der Waals surface area contributed by atoms with Gasteiger partial charge in [0.05, 0.1) is 85.7 Å². The van der Waals surface area contributed by atoms with Crippen molar-refractivity contribution in [1.82, 2.24) is 0 Å². The van der Waals surface area contributed by atoms with Crippen molar-refractivity contribution in [3.05, 3.63) is 0 Å². The Kier molecular flexibility index (Phi) is 33.1. The molecule has 0 spiro atoms. The van der Waals surface area contributed by atoms with Gasteiger partial charge in [-0.1, -0.05) is 84.0 Å². The minimum atomic E-state index is -0.472. The molecule has 0 N–H and O–H groups in total. The van der Waals surface area contributed by atoms with Crippen LogP contribution < -0.4 is 0 Å². The summed E-state index contributed by atoms with van der Waals surface area (Å²) in [7, 11) is 0. The van der Waals surface area contributed by atoms with Gasteiger partial charge in [0.15, 0.2) is 0 Å². The summed E-state index contributed by atoms with van der Waals surface area (Å²) < 4.78 is 43.1. The van der Waals surface area contributed by atoms with Gasteiger partial charge in [-0.3, -0.25) is 9.59 Å². The van der Waals surface area contributed by atoms with E-state index in [9.17, 15) is 9.59 Å². The molecular weight excluding hydrogens is 580 g/mol. The normalized spacial score (nSPS) is 11.6. The Labute approximate surface area is 274 Å². The first-order valence-corrected chi connectivity index (χ1v) is 17.7. The smallest absolute Gasteiger partial charge is 0.308 e. The summed E-state index contributed by atoms with van der Waals surface area (Å²) in [5, 5.41) is 0. The summed E-state index contributed by atoms with van der Waals surface area (Å²) in [6, 6.07) is 0. The molecule has 0 saturated carbocycles. The highest BCUT2D eigenvalue weighted by Crippen LogP contribution is 2.13. The monoisotopic (exact) mass is 648 g/mol. The summed E-state index contributed by atoms with van der Waals surface area (Å²) in [6.45, 7) is 13.4. The molecule has 0 radical (unpaired) electrons. The fraction of sp³-hybridized carbons (Fsp3) is 0.943. The van der Waals surface area contributed by atoms with Gasteiger partial charge in [0.25, 0.3) is 0 Å². The van der Waals surface area contributed by atoms with Crippen LogP contribution in [0.3, 0.4) is 0 Å². The van der Waals surface area contributed by atoms with E-state index < -0.39 is 5.60 Å². The molecule has 0 aliphatic carbocycles. The lowest BCUT2D eigenvalue weighted by Gasteiger charge is -2.19. The Morgan fingerprint density at radius 3 is 1.11 bits per heavy atom. The van der Waals surface area contributed by atoms with Crippen molar-refractivity contribution < 1.29 is 47.5 Å². The molecule has 0 aromatic carbocycles. The van der Waals surface area contributed by atoms with Crippen molar-refractivity contribution in [2.75, 3.05) is 85.9 Å². The molecule has 0 aliphatic rings. The van der Waals surface area contributed by atoms with Gasteiger partial charge in [-0.2, -0.15) is 0 Å². The summed E-state index contributed by atoms with van der Waals surface area (Å²) in [6.07, 6.45) is 17.5. The predicted octanol–water partition coefficient (Wildman–Crippen LogP) is 6.84. The Morgan fingerprint density at radius 1 is 0.400 bits per heavy atom. The van der Waals surface area contributed by atoms with Gasteiger partial charge in [0.1, 0.15) is 12.2 Å². The minimum Gasteiger partial charge on any atom is -0.463 e. The van der Waals surface area contributed by atoms with Gasteiger partial charge in [-0.25, -0.2) is 0 Å². The Bertz CT molecular complexity index is 638. The van der Waals surface area contributed by atoms with Crippen LogP contribution in [0.25, 0.3) is 0 Å². The lowest BCUT2D eigenvalue weighted by molar-refractivity contribution is -0.156. The second kappa shape index (κ2) is 34.0. The third-order valence-corrected chi connectivity index (χ3v) is 6.71. The van der Waals surface area contributed by atoms with Crippen LogP contribution in [-0.4, -0.2) is 103 Å². The first-order valence-electron chi connectivity index (χ1n) is 17.7. The highest BCUT2D eigenvalue weighted by molar-refractivity contribution is 5.70. The molecule has 0 heterocycles. The Balaban J connectivity index is 3.19. The van der Waals surface area contributed by atoms with Crippen LogP contribution >= 0.6 is 0 Å². The van der Waals surface area contributed by atoms with E-state index in [1.165, 1.54) is 70.6 Å². The van der Waals surface area contributed by atoms with Gasteiger partial charge < -0.3 is 37.9 Å². The maximum Gasteiger partial charge on any atom is 0.308 e. The zero-order valence-corrected chi connectivity index (χ0v) is 29.4. The minimum absolute atomic E-state index is 0.134. The van der Waals surface area contributed by atoms with Gasteiger partial charge in [0, 0.05) is 6.42 Å². The van der Waals surface area contributed by atoms with E-state index in [-0.39, 0.29) is 25.0 Å². The molecule has 268 valence electrons. The number of ether oxygens (including phenoxy) is 8. The van der Waals surface area contributed by atoms with E-state index >= 15 is 0 Å². The molecule has 0 unspecified atom stereocenters. The molecule has 0 aliphatic heterocycles.